The minimum atomic E-state index is -1.17. The summed E-state index contributed by atoms with van der Waals surface area (Å²) in [4.78, 5) is 22.1. The normalized spacial score (nSPS) is 10.7. The molecular formula is C11H15NO3. The Kier molecular flexibility index (Phi) is 3.29. The predicted octanol–water partition coefficient (Wildman–Crippen LogP) is 1.51. The number of hydrogen-bond acceptors (Lipinski definition) is 2. The fourth-order valence-corrected chi connectivity index (χ4v) is 1.42. The van der Waals surface area contributed by atoms with Crippen LogP contribution in [0, 0.1) is 12.8 Å². The first-order chi connectivity index (χ1) is 6.91. The summed E-state index contributed by atoms with van der Waals surface area (Å²) in [7, 11) is 0. The van der Waals surface area contributed by atoms with Crippen LogP contribution in [0.15, 0.2) is 17.1 Å². The summed E-state index contributed by atoms with van der Waals surface area (Å²) in [6.07, 6.45) is 1.42. The van der Waals surface area contributed by atoms with Crippen molar-refractivity contribution in [3.63, 3.8) is 0 Å². The van der Waals surface area contributed by atoms with Gasteiger partial charge in [0.2, 0.25) is 0 Å². The number of aromatic carboxylic acids is 1. The highest BCUT2D eigenvalue weighted by atomic mass is 16.4. The lowest BCUT2D eigenvalue weighted by Crippen LogP contribution is -2.20. The molecule has 1 rings (SSSR count). The van der Waals surface area contributed by atoms with Crippen LogP contribution in [0.3, 0.4) is 0 Å². The summed E-state index contributed by atoms with van der Waals surface area (Å²) < 4.78 is 1.80. The summed E-state index contributed by atoms with van der Waals surface area (Å²) in [5.41, 5.74) is 0.194. The Morgan fingerprint density at radius 2 is 2.13 bits per heavy atom. The van der Waals surface area contributed by atoms with Crippen LogP contribution in [-0.2, 0) is 6.54 Å². The molecule has 0 aliphatic rings. The minimum Gasteiger partial charge on any atom is -0.477 e. The average Bonchev–Trinajstić information content (AvgIpc) is 2.08. The van der Waals surface area contributed by atoms with Crippen molar-refractivity contribution in [1.29, 1.82) is 0 Å². The Labute approximate surface area is 88.2 Å². The van der Waals surface area contributed by atoms with E-state index in [1.807, 2.05) is 13.8 Å². The van der Waals surface area contributed by atoms with Crippen LogP contribution in [0.5, 0.6) is 0 Å². The van der Waals surface area contributed by atoms with Crippen molar-refractivity contribution in [2.45, 2.75) is 27.3 Å². The molecule has 0 fully saturated rings. The van der Waals surface area contributed by atoms with E-state index in [1.165, 1.54) is 12.3 Å². The van der Waals surface area contributed by atoms with E-state index in [9.17, 15) is 9.59 Å². The fraction of sp³-hybridized carbons (Fsp3) is 0.455. The zero-order chi connectivity index (χ0) is 11.6. The van der Waals surface area contributed by atoms with Gasteiger partial charge in [0, 0.05) is 24.5 Å². The van der Waals surface area contributed by atoms with E-state index < -0.39 is 11.4 Å². The fourth-order valence-electron chi connectivity index (χ4n) is 1.42. The molecule has 0 atom stereocenters. The lowest BCUT2D eigenvalue weighted by molar-refractivity contribution is 0.0694. The Bertz CT molecular complexity index is 432. The summed E-state index contributed by atoms with van der Waals surface area (Å²) >= 11 is 0. The second kappa shape index (κ2) is 4.29. The largest absolute Gasteiger partial charge is 0.477 e. The van der Waals surface area contributed by atoms with Crippen molar-refractivity contribution in [1.82, 2.24) is 4.57 Å². The van der Waals surface area contributed by atoms with Gasteiger partial charge < -0.3 is 9.67 Å². The van der Waals surface area contributed by atoms with Crippen molar-refractivity contribution in [3.05, 3.63) is 33.7 Å². The van der Waals surface area contributed by atoms with Crippen LogP contribution in [0.25, 0.3) is 0 Å². The van der Waals surface area contributed by atoms with E-state index >= 15 is 0 Å². The monoisotopic (exact) mass is 209 g/mol. The molecule has 4 heteroatoms. The second-order valence-corrected chi connectivity index (χ2v) is 4.04. The van der Waals surface area contributed by atoms with Gasteiger partial charge in [-0.2, -0.15) is 0 Å². The predicted molar refractivity (Wildman–Crippen MR) is 57.2 cm³/mol. The lowest BCUT2D eigenvalue weighted by atomic mass is 10.2. The molecule has 0 saturated heterocycles. The average molecular weight is 209 g/mol. The Balaban J connectivity index is 3.23. The number of hydrogen-bond donors (Lipinski definition) is 1. The SMILES string of the molecule is Cc1cc(=O)c(C(=O)O)cn1CC(C)C. The number of aryl methyl sites for hydroxylation is 1. The second-order valence-electron chi connectivity index (χ2n) is 4.04. The standard InChI is InChI=1S/C11H15NO3/c1-7(2)5-12-6-9(11(14)15)10(13)4-8(12)3/h4,6-7H,5H2,1-3H3,(H,14,15). The van der Waals surface area contributed by atoms with Crippen LogP contribution in [0.4, 0.5) is 0 Å². The lowest BCUT2D eigenvalue weighted by Gasteiger charge is -2.13. The highest BCUT2D eigenvalue weighted by Gasteiger charge is 2.10. The quantitative estimate of drug-likeness (QED) is 0.820. The van der Waals surface area contributed by atoms with Gasteiger partial charge >= 0.3 is 5.97 Å². The molecule has 1 aromatic rings. The molecule has 0 aliphatic carbocycles. The molecule has 0 bridgehead atoms. The molecule has 0 aliphatic heterocycles. The summed E-state index contributed by atoms with van der Waals surface area (Å²) in [5.74, 6) is -0.759. The molecule has 15 heavy (non-hydrogen) atoms. The maximum Gasteiger partial charge on any atom is 0.341 e. The highest BCUT2D eigenvalue weighted by Crippen LogP contribution is 2.04. The zero-order valence-corrected chi connectivity index (χ0v) is 9.15. The molecule has 0 saturated carbocycles. The van der Waals surface area contributed by atoms with Crippen LogP contribution in [0.1, 0.15) is 29.9 Å². The van der Waals surface area contributed by atoms with E-state index in [2.05, 4.69) is 0 Å². The summed E-state index contributed by atoms with van der Waals surface area (Å²) in [6, 6.07) is 1.37. The Hall–Kier alpha value is -1.58. The third-order valence-electron chi connectivity index (χ3n) is 2.14. The third kappa shape index (κ3) is 2.68. The molecule has 0 unspecified atom stereocenters. The topological polar surface area (TPSA) is 59.3 Å². The third-order valence-corrected chi connectivity index (χ3v) is 2.14. The Morgan fingerprint density at radius 1 is 1.53 bits per heavy atom. The molecule has 1 N–H and O–H groups in total. The van der Waals surface area contributed by atoms with Gasteiger partial charge in [-0.05, 0) is 12.8 Å². The van der Waals surface area contributed by atoms with Gasteiger partial charge in [0.05, 0.1) is 0 Å². The number of rotatable bonds is 3. The van der Waals surface area contributed by atoms with Crippen LogP contribution < -0.4 is 5.43 Å². The number of pyridine rings is 1. The van der Waals surface area contributed by atoms with E-state index in [0.717, 1.165) is 5.69 Å². The van der Waals surface area contributed by atoms with E-state index in [4.69, 9.17) is 5.11 Å². The van der Waals surface area contributed by atoms with E-state index in [-0.39, 0.29) is 5.56 Å². The van der Waals surface area contributed by atoms with Crippen molar-refractivity contribution < 1.29 is 9.90 Å². The molecule has 4 nitrogen and oxygen atoms in total. The zero-order valence-electron chi connectivity index (χ0n) is 9.15. The molecule has 0 spiro atoms. The van der Waals surface area contributed by atoms with E-state index in [0.29, 0.717) is 12.5 Å². The van der Waals surface area contributed by atoms with Crippen LogP contribution >= 0.6 is 0 Å². The molecule has 0 amide bonds. The smallest absolute Gasteiger partial charge is 0.341 e. The van der Waals surface area contributed by atoms with Gasteiger partial charge in [0.15, 0.2) is 5.43 Å². The number of aromatic nitrogens is 1. The van der Waals surface area contributed by atoms with Crippen molar-refractivity contribution in [2.24, 2.45) is 5.92 Å². The molecule has 0 radical (unpaired) electrons. The number of carbonyl (C=O) groups is 1. The van der Waals surface area contributed by atoms with Gasteiger partial charge in [0.1, 0.15) is 5.56 Å². The maximum atomic E-state index is 11.3. The van der Waals surface area contributed by atoms with E-state index in [1.54, 1.807) is 11.5 Å². The highest BCUT2D eigenvalue weighted by molar-refractivity contribution is 5.87. The van der Waals surface area contributed by atoms with Crippen molar-refractivity contribution in [3.8, 4) is 0 Å². The van der Waals surface area contributed by atoms with Crippen molar-refractivity contribution in [2.75, 3.05) is 0 Å². The molecule has 1 heterocycles. The van der Waals surface area contributed by atoms with Gasteiger partial charge in [-0.1, -0.05) is 13.8 Å². The van der Waals surface area contributed by atoms with Gasteiger partial charge in [-0.15, -0.1) is 0 Å². The summed E-state index contributed by atoms with van der Waals surface area (Å²) in [6.45, 7) is 6.60. The minimum absolute atomic E-state index is 0.166. The molecule has 0 aromatic carbocycles. The molecular weight excluding hydrogens is 194 g/mol. The first-order valence-corrected chi connectivity index (χ1v) is 4.86. The number of carboxylic acids is 1. The van der Waals surface area contributed by atoms with Gasteiger partial charge in [-0.25, -0.2) is 4.79 Å². The Morgan fingerprint density at radius 3 is 2.60 bits per heavy atom. The van der Waals surface area contributed by atoms with Gasteiger partial charge in [-0.3, -0.25) is 4.79 Å². The summed E-state index contributed by atoms with van der Waals surface area (Å²) in [5, 5.41) is 8.80. The molecule has 1 aromatic heterocycles. The van der Waals surface area contributed by atoms with Gasteiger partial charge in [0.25, 0.3) is 0 Å². The van der Waals surface area contributed by atoms with Crippen molar-refractivity contribution >= 4 is 5.97 Å². The first-order valence-electron chi connectivity index (χ1n) is 4.86. The maximum absolute atomic E-state index is 11.3. The number of nitrogens with zero attached hydrogens (tertiary/aromatic N) is 1. The van der Waals surface area contributed by atoms with Crippen LogP contribution in [0.2, 0.25) is 0 Å². The number of carboxylic acid groups (broad SMARTS) is 1. The first kappa shape index (κ1) is 11.5. The molecule has 82 valence electrons. The van der Waals surface area contributed by atoms with Crippen LogP contribution in [-0.4, -0.2) is 15.6 Å².